The van der Waals surface area contributed by atoms with Gasteiger partial charge in [0.05, 0.1) is 6.07 Å². The van der Waals surface area contributed by atoms with E-state index in [1.807, 2.05) is 30.3 Å². The molecule has 0 saturated carbocycles. The largest absolute Gasteiger partial charge is 0.314 e. The number of carbonyl (C=O) groups excluding carboxylic acids is 1. The first-order valence-corrected chi connectivity index (χ1v) is 7.97. The third-order valence-electron chi connectivity index (χ3n) is 3.91. The molecule has 7 heteroatoms. The van der Waals surface area contributed by atoms with E-state index in [0.29, 0.717) is 13.0 Å². The number of rotatable bonds is 8. The Morgan fingerprint density at radius 1 is 1.17 bits per heavy atom. The number of nitriles is 1. The number of hydrogen-bond donors (Lipinski definition) is 1. The number of hydrogen-bond acceptors (Lipinski definition) is 5. The molecule has 0 spiro atoms. The van der Waals surface area contributed by atoms with Crippen LogP contribution in [0.2, 0.25) is 0 Å². The molecule has 0 atom stereocenters. The maximum absolute atomic E-state index is 12.0. The zero-order valence-corrected chi connectivity index (χ0v) is 15.5. The molecule has 0 unspecified atom stereocenters. The van der Waals surface area contributed by atoms with E-state index in [9.17, 15) is 4.79 Å². The molecule has 134 valence electrons. The van der Waals surface area contributed by atoms with Crippen LogP contribution in [0.1, 0.15) is 29.6 Å². The highest BCUT2D eigenvalue weighted by Crippen LogP contribution is 2.08. The van der Waals surface area contributed by atoms with Crippen LogP contribution < -0.4 is 5.32 Å². The number of benzene rings is 1. The van der Waals surface area contributed by atoms with E-state index < -0.39 is 0 Å². The minimum absolute atomic E-state index is 0. The van der Waals surface area contributed by atoms with Gasteiger partial charge in [-0.05, 0) is 12.8 Å². The lowest BCUT2D eigenvalue weighted by Crippen LogP contribution is -2.52. The third kappa shape index (κ3) is 7.61. The Bertz CT molecular complexity index is 501. The molecule has 5 nitrogen and oxygen atoms in total. The summed E-state index contributed by atoms with van der Waals surface area (Å²) < 4.78 is 0. The van der Waals surface area contributed by atoms with Crippen molar-refractivity contribution in [2.24, 2.45) is 0 Å². The second kappa shape index (κ2) is 13.2. The van der Waals surface area contributed by atoms with Gasteiger partial charge in [-0.25, -0.2) is 10.0 Å². The van der Waals surface area contributed by atoms with E-state index in [1.54, 1.807) is 0 Å². The lowest BCUT2D eigenvalue weighted by molar-refractivity contribution is -0.0239. The summed E-state index contributed by atoms with van der Waals surface area (Å²) in [5, 5.41) is 16.7. The van der Waals surface area contributed by atoms with E-state index in [-0.39, 0.29) is 30.6 Å². The predicted octanol–water partition coefficient (Wildman–Crippen LogP) is 2.53. The second-order valence-corrected chi connectivity index (χ2v) is 5.50. The fourth-order valence-corrected chi connectivity index (χ4v) is 2.69. The molecule has 0 amide bonds. The number of hydrazine groups is 1. The van der Waals surface area contributed by atoms with Gasteiger partial charge in [0, 0.05) is 44.7 Å². The second-order valence-electron chi connectivity index (χ2n) is 5.50. The molecule has 24 heavy (non-hydrogen) atoms. The normalized spacial score (nSPS) is 14.3. The number of nitrogens with zero attached hydrogens (tertiary/aromatic N) is 3. The zero-order valence-electron chi connectivity index (χ0n) is 13.8. The molecular formula is C17H26Cl2N4O. The molecule has 1 heterocycles. The first kappa shape index (κ1) is 22.8. The molecule has 1 N–H and O–H groups in total. The summed E-state index contributed by atoms with van der Waals surface area (Å²) >= 11 is 0. The minimum atomic E-state index is 0. The van der Waals surface area contributed by atoms with E-state index in [4.69, 9.17) is 5.26 Å². The highest BCUT2D eigenvalue weighted by molar-refractivity contribution is 5.95. The number of Topliss-reactive ketones (excluding diaryl/α,β-unsaturated/α-hetero) is 1. The van der Waals surface area contributed by atoms with Gasteiger partial charge in [0.1, 0.15) is 6.54 Å². The van der Waals surface area contributed by atoms with E-state index in [1.165, 1.54) is 0 Å². The van der Waals surface area contributed by atoms with Crippen molar-refractivity contribution in [2.75, 3.05) is 39.3 Å². The highest BCUT2D eigenvalue weighted by Gasteiger charge is 2.17. The van der Waals surface area contributed by atoms with E-state index >= 15 is 0 Å². The molecule has 1 fully saturated rings. The molecule has 1 aromatic carbocycles. The summed E-state index contributed by atoms with van der Waals surface area (Å²) in [5.41, 5.74) is 0.790. The molecule has 0 aromatic heterocycles. The third-order valence-corrected chi connectivity index (χ3v) is 3.91. The molecule has 1 aromatic rings. The van der Waals surface area contributed by atoms with Crippen LogP contribution in [-0.2, 0) is 0 Å². The van der Waals surface area contributed by atoms with Gasteiger partial charge in [-0.2, -0.15) is 5.26 Å². The van der Waals surface area contributed by atoms with Gasteiger partial charge in [-0.15, -0.1) is 24.8 Å². The molecule has 0 radical (unpaired) electrons. The Morgan fingerprint density at radius 3 is 2.46 bits per heavy atom. The van der Waals surface area contributed by atoms with Crippen molar-refractivity contribution in [3.63, 3.8) is 0 Å². The first-order chi connectivity index (χ1) is 10.8. The van der Waals surface area contributed by atoms with Crippen LogP contribution in [-0.4, -0.2) is 55.1 Å². The predicted molar refractivity (Wildman–Crippen MR) is 101 cm³/mol. The van der Waals surface area contributed by atoms with Crippen LogP contribution in [0.15, 0.2) is 30.3 Å². The van der Waals surface area contributed by atoms with Gasteiger partial charge >= 0.3 is 0 Å². The lowest BCUT2D eigenvalue weighted by Gasteiger charge is -2.36. The number of halogens is 2. The number of piperazine rings is 1. The van der Waals surface area contributed by atoms with Crippen molar-refractivity contribution >= 4 is 30.6 Å². The van der Waals surface area contributed by atoms with Crippen molar-refractivity contribution in [3.05, 3.63) is 35.9 Å². The van der Waals surface area contributed by atoms with Crippen LogP contribution in [0.25, 0.3) is 0 Å². The maximum atomic E-state index is 12.0. The van der Waals surface area contributed by atoms with Gasteiger partial charge in [-0.1, -0.05) is 30.3 Å². The zero-order chi connectivity index (χ0) is 15.6. The molecule has 0 bridgehead atoms. The highest BCUT2D eigenvalue weighted by atomic mass is 35.5. The van der Waals surface area contributed by atoms with Crippen LogP contribution in [0, 0.1) is 11.3 Å². The van der Waals surface area contributed by atoms with Gasteiger partial charge in [0.2, 0.25) is 0 Å². The lowest BCUT2D eigenvalue weighted by atomic mass is 10.1. The van der Waals surface area contributed by atoms with Crippen molar-refractivity contribution in [1.29, 1.82) is 5.26 Å². The topological polar surface area (TPSA) is 59.4 Å². The summed E-state index contributed by atoms with van der Waals surface area (Å²) in [4.78, 5) is 12.0. The smallest absolute Gasteiger partial charge is 0.162 e. The molecule has 0 aliphatic carbocycles. The average molecular weight is 373 g/mol. The Labute approximate surface area is 156 Å². The average Bonchev–Trinajstić information content (AvgIpc) is 2.59. The van der Waals surface area contributed by atoms with Crippen LogP contribution >= 0.6 is 24.8 Å². The summed E-state index contributed by atoms with van der Waals surface area (Å²) in [6, 6.07) is 11.7. The van der Waals surface area contributed by atoms with Crippen molar-refractivity contribution in [2.45, 2.75) is 19.3 Å². The summed E-state index contributed by atoms with van der Waals surface area (Å²) in [7, 11) is 0. The summed E-state index contributed by atoms with van der Waals surface area (Å²) in [6.45, 7) is 5.10. The van der Waals surface area contributed by atoms with Gasteiger partial charge in [-0.3, -0.25) is 4.79 Å². The number of nitrogens with one attached hydrogen (secondary N) is 1. The van der Waals surface area contributed by atoms with Gasteiger partial charge < -0.3 is 5.32 Å². The van der Waals surface area contributed by atoms with Crippen molar-refractivity contribution < 1.29 is 4.79 Å². The minimum Gasteiger partial charge on any atom is -0.314 e. The Balaban J connectivity index is 0.00000264. The number of carbonyl (C=O) groups is 1. The number of unbranched alkanes of at least 4 members (excludes halogenated alkanes) is 1. The van der Waals surface area contributed by atoms with Gasteiger partial charge in [0.25, 0.3) is 0 Å². The molecule has 1 saturated heterocycles. The van der Waals surface area contributed by atoms with Crippen molar-refractivity contribution in [1.82, 2.24) is 15.3 Å². The van der Waals surface area contributed by atoms with E-state index in [0.717, 1.165) is 51.1 Å². The molecule has 2 rings (SSSR count). The molecular weight excluding hydrogens is 347 g/mol. The quantitative estimate of drug-likeness (QED) is 0.431. The summed E-state index contributed by atoms with van der Waals surface area (Å²) in [6.07, 6.45) is 2.37. The van der Waals surface area contributed by atoms with E-state index in [2.05, 4.69) is 21.4 Å². The van der Waals surface area contributed by atoms with Gasteiger partial charge in [0.15, 0.2) is 5.78 Å². The Hall–Kier alpha value is -1.16. The first-order valence-electron chi connectivity index (χ1n) is 7.97. The number of ketones is 1. The van der Waals surface area contributed by atoms with Crippen LogP contribution in [0.5, 0.6) is 0 Å². The fourth-order valence-electron chi connectivity index (χ4n) is 2.69. The fraction of sp³-hybridized carbons (Fsp3) is 0.529. The molecule has 1 aliphatic heterocycles. The van der Waals surface area contributed by atoms with Crippen LogP contribution in [0.3, 0.4) is 0 Å². The Kier molecular flexibility index (Phi) is 12.5. The standard InChI is InChI=1S/C17H24N4O.2ClH/c18-9-13-20(21-14-10-19-11-15-21)12-5-4-8-17(22)16-6-2-1-3-7-16;;/h1-3,6-7,19H,4-5,8,10-15H2;2*1H. The maximum Gasteiger partial charge on any atom is 0.162 e. The SMILES string of the molecule is Cl.Cl.N#CCN(CCCCC(=O)c1ccccc1)N1CCNCC1. The van der Waals surface area contributed by atoms with Crippen molar-refractivity contribution in [3.8, 4) is 6.07 Å². The monoisotopic (exact) mass is 372 g/mol. The molecule has 1 aliphatic rings. The van der Waals surface area contributed by atoms with Crippen LogP contribution in [0.4, 0.5) is 0 Å². The summed E-state index contributed by atoms with van der Waals surface area (Å²) in [5.74, 6) is 0.203. The Morgan fingerprint density at radius 2 is 1.83 bits per heavy atom.